The first kappa shape index (κ1) is 25.9. The summed E-state index contributed by atoms with van der Waals surface area (Å²) in [7, 11) is 0. The van der Waals surface area contributed by atoms with Gasteiger partial charge in [-0.1, -0.05) is 132 Å². The van der Waals surface area contributed by atoms with E-state index in [4.69, 9.17) is 17.8 Å². The monoisotopic (exact) mass is 937 g/mol. The molecule has 0 saturated heterocycles. The van der Waals surface area contributed by atoms with Crippen LogP contribution in [0.25, 0.3) is 27.6 Å². The Kier molecular flexibility index (Phi) is 6.41. The molecule has 0 atom stereocenters. The predicted molar refractivity (Wildman–Crippen MR) is 220 cm³/mol. The first-order valence-corrected chi connectivity index (χ1v) is 17.7. The van der Waals surface area contributed by atoms with Gasteiger partial charge in [-0.2, -0.15) is 20.9 Å². The van der Waals surface area contributed by atoms with Gasteiger partial charge in [-0.05, 0) is 56.3 Å². The van der Waals surface area contributed by atoms with Gasteiger partial charge in [0.2, 0.25) is 5.69 Å². The average Bonchev–Trinajstić information content (AvgIpc) is 3.78. The molecule has 7 aromatic rings. The summed E-state index contributed by atoms with van der Waals surface area (Å²) in [6, 6.07) is 25.0. The molecule has 5 nitrogen and oxygen atoms in total. The van der Waals surface area contributed by atoms with Crippen molar-refractivity contribution in [1.82, 2.24) is 23.7 Å². The molecular formula is C48H45F2N5Pt+2. The molecule has 0 unspecified atom stereocenters. The molecule has 4 heterocycles. The standard InChI is InChI=1S/C48H45F2N5.Pt/c1-45(2,3)31-18-20-35(21-19-31)53-30-54(41-17-13-12-16-40(41)53)36-25-33(47(7,8)9)24-34(26-36)48(49,50)43-28-42-38(29-52-43)37-14-10-11-15-39(37)55(42)44-27-32(22-23-51-44)46(4,5)6;/h10-25,27,29H,1-9H3;/q;+2/i1D3,2D3,3D3,18D,19D,20D,21D;. The number of rotatable bonds is 5. The largest absolute Gasteiger partial charge is 2.00 e. The van der Waals surface area contributed by atoms with Crippen LogP contribution in [0.15, 0.2) is 109 Å². The van der Waals surface area contributed by atoms with Crippen LogP contribution >= 0.6 is 0 Å². The number of halogens is 2. The predicted octanol–water partition coefficient (Wildman–Crippen LogP) is 12.1. The van der Waals surface area contributed by atoms with Crippen LogP contribution in [0.2, 0.25) is 0 Å². The Bertz CT molecular complexity index is 3240. The Morgan fingerprint density at radius 2 is 1.38 bits per heavy atom. The van der Waals surface area contributed by atoms with E-state index in [-0.39, 0.29) is 43.5 Å². The minimum absolute atomic E-state index is 0. The van der Waals surface area contributed by atoms with Crippen LogP contribution in [-0.2, 0) is 43.2 Å². The Balaban J connectivity index is 0.00000703. The van der Waals surface area contributed by atoms with Crippen LogP contribution in [0, 0.1) is 12.1 Å². The van der Waals surface area contributed by atoms with Crippen molar-refractivity contribution in [1.29, 1.82) is 0 Å². The van der Waals surface area contributed by atoms with Crippen LogP contribution in [0.3, 0.4) is 0 Å². The summed E-state index contributed by atoms with van der Waals surface area (Å²) in [5.74, 6) is -3.32. The van der Waals surface area contributed by atoms with Crippen molar-refractivity contribution in [2.24, 2.45) is 0 Å². The fourth-order valence-corrected chi connectivity index (χ4v) is 6.61. The molecule has 0 spiro atoms. The second kappa shape index (κ2) is 13.8. The summed E-state index contributed by atoms with van der Waals surface area (Å²) >= 11 is 0. The summed E-state index contributed by atoms with van der Waals surface area (Å²) < 4.78 is 149. The molecule has 0 aliphatic carbocycles. The summed E-state index contributed by atoms with van der Waals surface area (Å²) in [5.41, 5.74) is -5.01. The van der Waals surface area contributed by atoms with Gasteiger partial charge in [0.05, 0.1) is 5.48 Å². The number of fused-ring (bicyclic) bond motifs is 4. The van der Waals surface area contributed by atoms with Crippen LogP contribution in [0.1, 0.15) is 108 Å². The van der Waals surface area contributed by atoms with E-state index in [1.54, 1.807) is 35.0 Å². The molecule has 0 amide bonds. The van der Waals surface area contributed by atoms with Gasteiger partial charge >= 0.3 is 27.1 Å². The van der Waals surface area contributed by atoms with Crippen LogP contribution in [0.5, 0.6) is 0 Å². The number of nitrogens with zero attached hydrogens (tertiary/aromatic N) is 5. The number of benzene rings is 4. The Hall–Kier alpha value is -5.09. The van der Waals surface area contributed by atoms with E-state index < -0.39 is 84.0 Å². The number of pyridine rings is 2. The van der Waals surface area contributed by atoms with Crippen molar-refractivity contribution in [3.63, 3.8) is 0 Å². The molecule has 0 bridgehead atoms. The van der Waals surface area contributed by atoms with E-state index in [1.165, 1.54) is 22.9 Å². The molecule has 3 aromatic heterocycles. The third kappa shape index (κ3) is 6.86. The Labute approximate surface area is 360 Å². The number of para-hydroxylation sites is 3. The van der Waals surface area contributed by atoms with Gasteiger partial charge in [0.1, 0.15) is 11.5 Å². The second-order valence-corrected chi connectivity index (χ2v) is 15.7. The minimum atomic E-state index is -3.87. The fraction of sp³-hybridized carbons (Fsp3) is 0.271. The van der Waals surface area contributed by atoms with Gasteiger partial charge in [0.15, 0.2) is 0 Å². The van der Waals surface area contributed by atoms with Gasteiger partial charge < -0.3 is 4.57 Å². The van der Waals surface area contributed by atoms with Gasteiger partial charge in [-0.15, -0.1) is 16.5 Å². The van der Waals surface area contributed by atoms with Crippen LogP contribution in [-0.4, -0.2) is 20.5 Å². The van der Waals surface area contributed by atoms with Crippen molar-refractivity contribution in [3.8, 4) is 5.82 Å². The van der Waals surface area contributed by atoms with E-state index in [9.17, 15) is 0 Å². The molecule has 0 fully saturated rings. The molecule has 0 saturated carbocycles. The molecular weight excluding hydrogens is 880 g/mol. The fourth-order valence-electron chi connectivity index (χ4n) is 6.61. The third-order valence-corrected chi connectivity index (χ3v) is 9.69. The van der Waals surface area contributed by atoms with Crippen LogP contribution in [0.4, 0.5) is 31.5 Å². The average molecular weight is 938 g/mol. The van der Waals surface area contributed by atoms with Gasteiger partial charge in [0.25, 0.3) is 17.3 Å². The molecule has 56 heavy (non-hydrogen) atoms. The first-order valence-electron chi connectivity index (χ1n) is 24.2. The molecule has 284 valence electrons. The summed E-state index contributed by atoms with van der Waals surface area (Å²) in [4.78, 5) is 8.95. The van der Waals surface area contributed by atoms with Gasteiger partial charge in [0, 0.05) is 54.0 Å². The second-order valence-electron chi connectivity index (χ2n) is 15.7. The normalized spacial score (nSPS) is 17.5. The van der Waals surface area contributed by atoms with Gasteiger partial charge in [-0.25, -0.2) is 4.98 Å². The van der Waals surface area contributed by atoms with Crippen molar-refractivity contribution in [2.45, 2.75) is 84.3 Å². The number of alkyl halides is 2. The van der Waals surface area contributed by atoms with Gasteiger partial charge in [-0.3, -0.25) is 4.98 Å². The first-order chi connectivity index (χ1) is 31.3. The minimum Gasteiger partial charge on any atom is -0.331 e. The summed E-state index contributed by atoms with van der Waals surface area (Å²) in [5, 5.41) is 1.34. The van der Waals surface area contributed by atoms with Crippen LogP contribution < -0.4 is 9.15 Å². The van der Waals surface area contributed by atoms with E-state index in [1.807, 2.05) is 57.2 Å². The molecule has 0 radical (unpaired) electrons. The quantitative estimate of drug-likeness (QED) is 0.127. The number of hydrogen-bond acceptors (Lipinski definition) is 2. The zero-order valence-corrected chi connectivity index (χ0v) is 33.7. The van der Waals surface area contributed by atoms with Crippen molar-refractivity contribution < 1.29 is 47.7 Å². The topological polar surface area (TPSA) is 36.7 Å². The zero-order chi connectivity index (χ0) is 50.1. The Morgan fingerprint density at radius 3 is 2.05 bits per heavy atom. The molecule has 8 rings (SSSR count). The van der Waals surface area contributed by atoms with E-state index >= 15 is 8.78 Å². The summed E-state index contributed by atoms with van der Waals surface area (Å²) in [6.45, 7) is 0.0970. The van der Waals surface area contributed by atoms with E-state index in [0.29, 0.717) is 27.8 Å². The molecule has 8 heteroatoms. The van der Waals surface area contributed by atoms with Crippen molar-refractivity contribution in [3.05, 3.63) is 149 Å². The number of aromatic nitrogens is 3. The maximum absolute atomic E-state index is 17.5. The number of hydrogen-bond donors (Lipinski definition) is 0. The van der Waals surface area contributed by atoms with Crippen molar-refractivity contribution in [2.75, 3.05) is 0 Å². The zero-order valence-electron chi connectivity index (χ0n) is 44.4. The smallest absolute Gasteiger partial charge is 0.331 e. The van der Waals surface area contributed by atoms with Crippen molar-refractivity contribution >= 4 is 50.6 Å². The SMILES string of the molecule is [2H]c1c([2H])c(C(C([2H])([2H])[2H])(C([2H])([2H])[2H])C([2H])([2H])[2H])c([2H])c([2H])c1[N+]1=C=[N+](c2[c-]c(C(F)(F)c3[c-]c4c(cn3)c3ccccc3n4-c3cc(C(C)(C)C)ccn3)cc(C(C)(C)C)c2)c2ccccc21.[Pt+2]. The Morgan fingerprint density at radius 1 is 0.714 bits per heavy atom. The molecule has 0 N–H and O–H groups in total. The summed E-state index contributed by atoms with van der Waals surface area (Å²) in [6.07, 6.45) is 3.08. The molecule has 1 aliphatic heterocycles. The molecule has 4 aromatic carbocycles. The molecule has 1 aliphatic rings. The maximum Gasteiger partial charge on any atom is 2.00 e. The van der Waals surface area contributed by atoms with E-state index in [2.05, 4.69) is 48.9 Å². The third-order valence-electron chi connectivity index (χ3n) is 9.69. The maximum atomic E-state index is 17.5. The van der Waals surface area contributed by atoms with E-state index in [0.717, 1.165) is 15.5 Å².